The first-order valence-electron chi connectivity index (χ1n) is 6.55. The summed E-state index contributed by atoms with van der Waals surface area (Å²) in [6, 6.07) is 0.327. The van der Waals surface area contributed by atoms with Gasteiger partial charge in [-0.1, -0.05) is 6.92 Å². The maximum absolute atomic E-state index is 12.1. The van der Waals surface area contributed by atoms with Crippen molar-refractivity contribution in [3.8, 4) is 5.88 Å². The Kier molecular flexibility index (Phi) is 3.48. The summed E-state index contributed by atoms with van der Waals surface area (Å²) in [5.41, 5.74) is 0. The molecule has 0 radical (unpaired) electrons. The van der Waals surface area contributed by atoms with E-state index in [9.17, 15) is 8.42 Å². The van der Waals surface area contributed by atoms with E-state index in [1.54, 1.807) is 0 Å². The van der Waals surface area contributed by atoms with Crippen LogP contribution in [0, 0.1) is 5.92 Å². The van der Waals surface area contributed by atoms with Gasteiger partial charge in [0.2, 0.25) is 14.9 Å². The first kappa shape index (κ1) is 13.3. The Morgan fingerprint density at radius 2 is 2.26 bits per heavy atom. The molecule has 106 valence electrons. The van der Waals surface area contributed by atoms with E-state index in [1.807, 2.05) is 6.92 Å². The van der Waals surface area contributed by atoms with Crippen LogP contribution in [0.3, 0.4) is 0 Å². The van der Waals surface area contributed by atoms with E-state index in [2.05, 4.69) is 14.1 Å². The summed E-state index contributed by atoms with van der Waals surface area (Å²) >= 11 is 0.898. The number of nitrogens with one attached hydrogen (secondary N) is 1. The van der Waals surface area contributed by atoms with Gasteiger partial charge in [0.05, 0.1) is 17.5 Å². The van der Waals surface area contributed by atoms with E-state index in [4.69, 9.17) is 4.74 Å². The van der Waals surface area contributed by atoms with Gasteiger partial charge in [0.15, 0.2) is 0 Å². The highest BCUT2D eigenvalue weighted by Gasteiger charge is 2.42. The SMILES string of the molecule is CCCS(=O)(=O)c1nsnc1O[C@H]1C[C@@H]2CN[C@H]1C2. The Morgan fingerprint density at radius 1 is 1.42 bits per heavy atom. The summed E-state index contributed by atoms with van der Waals surface area (Å²) in [7, 11) is -3.36. The van der Waals surface area contributed by atoms with E-state index in [0.29, 0.717) is 18.4 Å². The molecule has 0 unspecified atom stereocenters. The molecule has 0 amide bonds. The van der Waals surface area contributed by atoms with Crippen LogP contribution in [0.1, 0.15) is 26.2 Å². The van der Waals surface area contributed by atoms with E-state index < -0.39 is 9.84 Å². The quantitative estimate of drug-likeness (QED) is 0.868. The minimum absolute atomic E-state index is 0.0159. The fourth-order valence-electron chi connectivity index (χ4n) is 2.87. The summed E-state index contributed by atoms with van der Waals surface area (Å²) in [6.45, 7) is 2.87. The van der Waals surface area contributed by atoms with Gasteiger partial charge in [-0.25, -0.2) is 8.42 Å². The number of rotatable bonds is 5. The van der Waals surface area contributed by atoms with Crippen LogP contribution in [0.25, 0.3) is 0 Å². The fourth-order valence-corrected chi connectivity index (χ4v) is 4.97. The van der Waals surface area contributed by atoms with Crippen LogP contribution >= 0.6 is 11.7 Å². The molecule has 6 nitrogen and oxygen atoms in total. The van der Waals surface area contributed by atoms with Gasteiger partial charge in [-0.15, -0.1) is 4.37 Å². The Labute approximate surface area is 116 Å². The highest BCUT2D eigenvalue weighted by Crippen LogP contribution is 2.35. The second kappa shape index (κ2) is 4.99. The third kappa shape index (κ3) is 2.48. The zero-order chi connectivity index (χ0) is 13.5. The lowest BCUT2D eigenvalue weighted by molar-refractivity contribution is 0.149. The lowest BCUT2D eigenvalue weighted by atomic mass is 10.1. The molecule has 1 aromatic heterocycles. The van der Waals surface area contributed by atoms with Crippen molar-refractivity contribution in [2.24, 2.45) is 5.92 Å². The standard InChI is InChI=1S/C11H17N3O3S2/c1-2-3-19(15,16)11-10(13-18-14-11)17-9-5-7-4-8(9)12-6-7/h7-9,12H,2-6H2,1H3/t7-,8+,9+/m1/s1. The van der Waals surface area contributed by atoms with Gasteiger partial charge in [-0.2, -0.15) is 4.37 Å². The molecule has 1 aliphatic carbocycles. The number of sulfone groups is 1. The Morgan fingerprint density at radius 3 is 2.89 bits per heavy atom. The van der Waals surface area contributed by atoms with Crippen LogP contribution in [0.15, 0.2) is 5.03 Å². The highest BCUT2D eigenvalue weighted by atomic mass is 32.2. The molecule has 2 heterocycles. The minimum Gasteiger partial charge on any atom is -0.470 e. The molecule has 1 N–H and O–H groups in total. The van der Waals surface area contributed by atoms with Gasteiger partial charge in [0.1, 0.15) is 6.10 Å². The first-order valence-corrected chi connectivity index (χ1v) is 8.93. The molecule has 2 bridgehead atoms. The van der Waals surface area contributed by atoms with Crippen molar-refractivity contribution in [2.75, 3.05) is 12.3 Å². The molecule has 8 heteroatoms. The molecule has 0 spiro atoms. The predicted octanol–water partition coefficient (Wildman–Crippen LogP) is 0.851. The molecular weight excluding hydrogens is 286 g/mol. The van der Waals surface area contributed by atoms with Crippen LogP contribution in [0.5, 0.6) is 5.88 Å². The number of piperidine rings is 1. The molecular formula is C11H17N3O3S2. The van der Waals surface area contributed by atoms with Crippen molar-refractivity contribution >= 4 is 21.6 Å². The van der Waals surface area contributed by atoms with Crippen LogP contribution in [0.2, 0.25) is 0 Å². The smallest absolute Gasteiger partial charge is 0.265 e. The zero-order valence-electron chi connectivity index (χ0n) is 10.7. The molecule has 3 atom stereocenters. The minimum atomic E-state index is -3.36. The molecule has 1 aromatic rings. The van der Waals surface area contributed by atoms with Crippen LogP contribution in [-0.4, -0.2) is 41.6 Å². The molecule has 19 heavy (non-hydrogen) atoms. The molecule has 2 aliphatic rings. The van der Waals surface area contributed by atoms with E-state index >= 15 is 0 Å². The van der Waals surface area contributed by atoms with Crippen molar-refractivity contribution in [2.45, 2.75) is 43.4 Å². The van der Waals surface area contributed by atoms with Gasteiger partial charge >= 0.3 is 0 Å². The van der Waals surface area contributed by atoms with Crippen molar-refractivity contribution in [3.05, 3.63) is 0 Å². The summed E-state index contributed by atoms with van der Waals surface area (Å²) < 4.78 is 37.8. The van der Waals surface area contributed by atoms with E-state index in [0.717, 1.165) is 31.1 Å². The zero-order valence-corrected chi connectivity index (χ0v) is 12.3. The number of hydrogen-bond acceptors (Lipinski definition) is 7. The number of hydrogen-bond donors (Lipinski definition) is 1. The number of aromatic nitrogens is 2. The largest absolute Gasteiger partial charge is 0.470 e. The Bertz CT molecular complexity index is 557. The lowest BCUT2D eigenvalue weighted by Gasteiger charge is -2.23. The molecule has 2 fully saturated rings. The van der Waals surface area contributed by atoms with Crippen molar-refractivity contribution in [1.29, 1.82) is 0 Å². The van der Waals surface area contributed by atoms with Gasteiger partial charge < -0.3 is 10.1 Å². The molecule has 0 aromatic carbocycles. The predicted molar refractivity (Wildman–Crippen MR) is 71.2 cm³/mol. The van der Waals surface area contributed by atoms with Gasteiger partial charge in [0.25, 0.3) is 5.88 Å². The van der Waals surface area contributed by atoms with E-state index in [-0.39, 0.29) is 22.8 Å². The number of ether oxygens (including phenoxy) is 1. The monoisotopic (exact) mass is 303 g/mol. The maximum atomic E-state index is 12.1. The van der Waals surface area contributed by atoms with Crippen LogP contribution < -0.4 is 10.1 Å². The summed E-state index contributed by atoms with van der Waals surface area (Å²) in [4.78, 5) is 0. The summed E-state index contributed by atoms with van der Waals surface area (Å²) in [6.07, 6.45) is 2.68. The average Bonchev–Trinajstić information content (AvgIpc) is 3.03. The lowest BCUT2D eigenvalue weighted by Crippen LogP contribution is -2.40. The Hall–Kier alpha value is -0.730. The Balaban J connectivity index is 1.77. The number of nitrogens with zero attached hydrogens (tertiary/aromatic N) is 2. The molecule has 1 aliphatic heterocycles. The first-order chi connectivity index (χ1) is 9.10. The maximum Gasteiger partial charge on any atom is 0.265 e. The van der Waals surface area contributed by atoms with Gasteiger partial charge in [-0.3, -0.25) is 0 Å². The van der Waals surface area contributed by atoms with Gasteiger partial charge in [-0.05, 0) is 31.7 Å². The van der Waals surface area contributed by atoms with Crippen LogP contribution in [0.4, 0.5) is 0 Å². The normalized spacial score (nSPS) is 29.8. The van der Waals surface area contributed by atoms with Crippen molar-refractivity contribution < 1.29 is 13.2 Å². The average molecular weight is 303 g/mol. The second-order valence-electron chi connectivity index (χ2n) is 5.20. The van der Waals surface area contributed by atoms with Gasteiger partial charge in [0, 0.05) is 6.04 Å². The van der Waals surface area contributed by atoms with Crippen molar-refractivity contribution in [1.82, 2.24) is 14.1 Å². The topological polar surface area (TPSA) is 81.2 Å². The fraction of sp³-hybridized carbons (Fsp3) is 0.818. The highest BCUT2D eigenvalue weighted by molar-refractivity contribution is 7.91. The van der Waals surface area contributed by atoms with Crippen LogP contribution in [-0.2, 0) is 9.84 Å². The number of fused-ring (bicyclic) bond motifs is 2. The molecule has 1 saturated heterocycles. The third-order valence-corrected chi connectivity index (χ3v) is 6.16. The van der Waals surface area contributed by atoms with E-state index in [1.165, 1.54) is 0 Å². The van der Waals surface area contributed by atoms with Crippen molar-refractivity contribution in [3.63, 3.8) is 0 Å². The molecule has 1 saturated carbocycles. The third-order valence-electron chi connectivity index (χ3n) is 3.73. The second-order valence-corrected chi connectivity index (χ2v) is 7.75. The summed E-state index contributed by atoms with van der Waals surface area (Å²) in [5, 5.41) is 3.40. The molecule has 3 rings (SSSR count). The summed E-state index contributed by atoms with van der Waals surface area (Å²) in [5.74, 6) is 0.930.